The summed E-state index contributed by atoms with van der Waals surface area (Å²) in [7, 11) is 0. The van der Waals surface area contributed by atoms with Crippen LogP contribution in [0.1, 0.15) is 86.8 Å². The first-order valence-corrected chi connectivity index (χ1v) is 23.0. The molecule has 8 aromatic rings. The molecule has 62 heavy (non-hydrogen) atoms. The lowest BCUT2D eigenvalue weighted by Gasteiger charge is -2.37. The lowest BCUT2D eigenvalue weighted by atomic mass is 9.67. The molecule has 0 radical (unpaired) electrons. The molecule has 8 aromatic carbocycles. The molecular formula is C61H51N. The van der Waals surface area contributed by atoms with Crippen molar-refractivity contribution in [3.8, 4) is 55.6 Å². The molecule has 2 saturated carbocycles. The molecule has 2 bridgehead atoms. The van der Waals surface area contributed by atoms with Gasteiger partial charge in [0.25, 0.3) is 0 Å². The number of fused-ring (bicyclic) bond motifs is 14. The van der Waals surface area contributed by atoms with E-state index < -0.39 is 0 Å². The molecule has 300 valence electrons. The van der Waals surface area contributed by atoms with E-state index in [1.807, 2.05) is 0 Å². The fourth-order valence-corrected chi connectivity index (χ4v) is 13.6. The monoisotopic (exact) mass is 797 g/mol. The van der Waals surface area contributed by atoms with Crippen LogP contribution in [0.4, 0.5) is 17.1 Å². The summed E-state index contributed by atoms with van der Waals surface area (Å²) in [5, 5.41) is 0. The van der Waals surface area contributed by atoms with Crippen LogP contribution in [-0.4, -0.2) is 0 Å². The first kappa shape index (κ1) is 36.2. The molecule has 1 nitrogen and oxygen atoms in total. The van der Waals surface area contributed by atoms with Crippen molar-refractivity contribution in [2.75, 3.05) is 4.90 Å². The first-order chi connectivity index (χ1) is 30.2. The van der Waals surface area contributed by atoms with E-state index in [2.05, 4.69) is 209 Å². The molecule has 1 heteroatoms. The average Bonchev–Trinajstić information content (AvgIpc) is 4.10. The summed E-state index contributed by atoms with van der Waals surface area (Å²) >= 11 is 0. The third-order valence-corrected chi connectivity index (χ3v) is 16.3. The second-order valence-electron chi connectivity index (χ2n) is 20.1. The van der Waals surface area contributed by atoms with Crippen LogP contribution in [0.25, 0.3) is 55.6 Å². The molecule has 5 aliphatic rings. The van der Waals surface area contributed by atoms with Crippen molar-refractivity contribution >= 4 is 17.1 Å². The van der Waals surface area contributed by atoms with Gasteiger partial charge in [0, 0.05) is 33.2 Å². The smallest absolute Gasteiger partial charge is 0.0540 e. The molecule has 3 unspecified atom stereocenters. The van der Waals surface area contributed by atoms with Crippen LogP contribution in [0.5, 0.6) is 0 Å². The van der Waals surface area contributed by atoms with E-state index >= 15 is 0 Å². The molecule has 1 spiro atoms. The van der Waals surface area contributed by atoms with E-state index in [-0.39, 0.29) is 16.2 Å². The van der Waals surface area contributed by atoms with E-state index in [1.54, 1.807) is 11.1 Å². The number of hydrogen-bond donors (Lipinski definition) is 0. The third-order valence-electron chi connectivity index (χ3n) is 16.3. The highest BCUT2D eigenvalue weighted by Gasteiger charge is 2.56. The maximum absolute atomic E-state index is 2.60. The van der Waals surface area contributed by atoms with Crippen molar-refractivity contribution in [2.45, 2.75) is 69.6 Å². The van der Waals surface area contributed by atoms with Crippen molar-refractivity contribution in [3.05, 3.63) is 209 Å². The topological polar surface area (TPSA) is 3.24 Å². The molecule has 0 N–H and O–H groups in total. The molecule has 0 heterocycles. The van der Waals surface area contributed by atoms with Gasteiger partial charge >= 0.3 is 0 Å². The van der Waals surface area contributed by atoms with Crippen molar-refractivity contribution in [2.24, 2.45) is 11.8 Å². The highest BCUT2D eigenvalue weighted by molar-refractivity contribution is 5.94. The molecular weight excluding hydrogens is 747 g/mol. The van der Waals surface area contributed by atoms with Gasteiger partial charge in [0.1, 0.15) is 0 Å². The fraction of sp³-hybridized carbons (Fsp3) is 0.213. The van der Waals surface area contributed by atoms with Gasteiger partial charge in [-0.2, -0.15) is 0 Å². The normalized spacial score (nSPS) is 21.0. The van der Waals surface area contributed by atoms with Gasteiger partial charge in [-0.15, -0.1) is 0 Å². The Kier molecular flexibility index (Phi) is 7.48. The number of hydrogen-bond acceptors (Lipinski definition) is 1. The minimum atomic E-state index is -0.0877. The van der Waals surface area contributed by atoms with Crippen LogP contribution in [0.2, 0.25) is 0 Å². The number of nitrogens with zero attached hydrogens (tertiary/aromatic N) is 1. The van der Waals surface area contributed by atoms with E-state index in [4.69, 9.17) is 0 Å². The third kappa shape index (κ3) is 4.80. The molecule has 5 aliphatic carbocycles. The van der Waals surface area contributed by atoms with Crippen LogP contribution in [0.3, 0.4) is 0 Å². The number of benzene rings is 8. The highest BCUT2D eigenvalue weighted by Crippen LogP contribution is 2.66. The van der Waals surface area contributed by atoms with Gasteiger partial charge in [0.05, 0.1) is 5.69 Å². The number of para-hydroxylation sites is 1. The van der Waals surface area contributed by atoms with Crippen LogP contribution < -0.4 is 4.90 Å². The van der Waals surface area contributed by atoms with Crippen molar-refractivity contribution in [1.29, 1.82) is 0 Å². The minimum absolute atomic E-state index is 0.0794. The molecule has 3 atom stereocenters. The van der Waals surface area contributed by atoms with E-state index in [0.717, 1.165) is 5.92 Å². The van der Waals surface area contributed by atoms with E-state index in [1.165, 1.54) is 121 Å². The zero-order chi connectivity index (χ0) is 41.5. The van der Waals surface area contributed by atoms with Gasteiger partial charge < -0.3 is 4.90 Å². The molecule has 13 rings (SSSR count). The molecule has 0 amide bonds. The summed E-state index contributed by atoms with van der Waals surface area (Å²) < 4.78 is 0. The number of rotatable bonds is 5. The van der Waals surface area contributed by atoms with Gasteiger partial charge in [0.2, 0.25) is 0 Å². The Morgan fingerprint density at radius 2 is 0.952 bits per heavy atom. The van der Waals surface area contributed by atoms with Crippen LogP contribution >= 0.6 is 0 Å². The predicted octanol–water partition coefficient (Wildman–Crippen LogP) is 16.2. The van der Waals surface area contributed by atoms with E-state index in [0.29, 0.717) is 5.92 Å². The summed E-state index contributed by atoms with van der Waals surface area (Å²) in [6.07, 6.45) is 5.34. The summed E-state index contributed by atoms with van der Waals surface area (Å²) in [4.78, 5) is 2.56. The maximum atomic E-state index is 2.60. The van der Waals surface area contributed by atoms with Crippen molar-refractivity contribution in [3.63, 3.8) is 0 Å². The zero-order valence-corrected chi connectivity index (χ0v) is 36.2. The van der Waals surface area contributed by atoms with Gasteiger partial charge in [-0.1, -0.05) is 174 Å². The fourth-order valence-electron chi connectivity index (χ4n) is 13.6. The summed E-state index contributed by atoms with van der Waals surface area (Å²) in [6.45, 7) is 9.55. The Balaban J connectivity index is 0.987. The maximum Gasteiger partial charge on any atom is 0.0540 e. The second kappa shape index (κ2) is 12.8. The summed E-state index contributed by atoms with van der Waals surface area (Å²) in [5.74, 6) is 1.52. The first-order valence-electron chi connectivity index (χ1n) is 23.0. The molecule has 2 fully saturated rings. The Labute approximate surface area is 366 Å². The standard InChI is InChI=1S/C61H51N/c1-59(2)52-20-9-5-15-46(52)49-32-27-40(35-55(49)59)44-14-8-12-23-57(44)62(43-31-33-50-47-16-7-11-22-54(47)61(56(50)36-43)37-38-24-28-41(61)34-38)42-29-25-39(26-30-42)45-18-13-19-51-48-17-6-10-21-53(48)60(3,4)58(45)51/h5-23,25-27,29-33,35-36,38,41H,24,28,34,37H2,1-4H3. The van der Waals surface area contributed by atoms with Crippen LogP contribution in [0.15, 0.2) is 176 Å². The summed E-state index contributed by atoms with van der Waals surface area (Å²) in [5.41, 5.74) is 25.6. The average molecular weight is 798 g/mol. The quantitative estimate of drug-likeness (QED) is 0.168. The van der Waals surface area contributed by atoms with Crippen LogP contribution in [0, 0.1) is 11.8 Å². The van der Waals surface area contributed by atoms with Gasteiger partial charge in [-0.05, 0) is 151 Å². The minimum Gasteiger partial charge on any atom is -0.310 e. The summed E-state index contributed by atoms with van der Waals surface area (Å²) in [6, 6.07) is 67.5. The van der Waals surface area contributed by atoms with Crippen LogP contribution in [-0.2, 0) is 16.2 Å². The van der Waals surface area contributed by atoms with E-state index in [9.17, 15) is 0 Å². The number of anilines is 3. The Bertz CT molecular complexity index is 3160. The Morgan fingerprint density at radius 3 is 1.68 bits per heavy atom. The van der Waals surface area contributed by atoms with Gasteiger partial charge in [0.15, 0.2) is 0 Å². The second-order valence-corrected chi connectivity index (χ2v) is 20.1. The lowest BCUT2D eigenvalue weighted by Crippen LogP contribution is -2.32. The predicted molar refractivity (Wildman–Crippen MR) is 259 cm³/mol. The molecule has 0 saturated heterocycles. The highest BCUT2D eigenvalue weighted by atomic mass is 15.1. The SMILES string of the molecule is CC1(C)c2ccccc2-c2ccc(-c3ccccc3N(c3ccc(-c4cccc5c4C(C)(C)c4ccccc4-5)cc3)c3ccc4c(c3)C3(CC5CCC3C5)c3ccccc3-4)cc21. The van der Waals surface area contributed by atoms with Gasteiger partial charge in [-0.3, -0.25) is 0 Å². The molecule has 0 aliphatic heterocycles. The van der Waals surface area contributed by atoms with Crippen molar-refractivity contribution in [1.82, 2.24) is 0 Å². The molecule has 0 aromatic heterocycles. The largest absolute Gasteiger partial charge is 0.310 e. The Morgan fingerprint density at radius 1 is 0.403 bits per heavy atom. The lowest BCUT2D eigenvalue weighted by molar-refractivity contribution is 0.327. The Hall–Kier alpha value is -6.44. The zero-order valence-electron chi connectivity index (χ0n) is 36.2. The van der Waals surface area contributed by atoms with Gasteiger partial charge in [-0.25, -0.2) is 0 Å². The van der Waals surface area contributed by atoms with Crippen molar-refractivity contribution < 1.29 is 0 Å².